The van der Waals surface area contributed by atoms with E-state index in [1.807, 2.05) is 30.3 Å². The molecular weight excluding hydrogens is 374 g/mol. The van der Waals surface area contributed by atoms with Crippen molar-refractivity contribution in [2.75, 3.05) is 14.2 Å². The molecule has 5 nitrogen and oxygen atoms in total. The molecule has 0 atom stereocenters. The van der Waals surface area contributed by atoms with Gasteiger partial charge in [0.25, 0.3) is 0 Å². The monoisotopic (exact) mass is 387 g/mol. The second kappa shape index (κ2) is 6.88. The molecule has 1 heterocycles. The molecule has 1 aliphatic heterocycles. The number of carbonyl (C=O) groups is 1. The normalized spacial score (nSPS) is 15.2. The van der Waals surface area contributed by atoms with Crippen LogP contribution in [0.2, 0.25) is 0 Å². The fourth-order valence-corrected chi connectivity index (χ4v) is 2.74. The summed E-state index contributed by atoms with van der Waals surface area (Å²) in [6.07, 6.45) is 1.62. The summed E-state index contributed by atoms with van der Waals surface area (Å²) in [5, 5.41) is 0. The lowest BCUT2D eigenvalue weighted by molar-refractivity contribution is -0.129. The van der Waals surface area contributed by atoms with Crippen molar-refractivity contribution in [3.63, 3.8) is 0 Å². The van der Waals surface area contributed by atoms with E-state index < -0.39 is 5.97 Å². The van der Waals surface area contributed by atoms with E-state index in [2.05, 4.69) is 20.9 Å². The van der Waals surface area contributed by atoms with Gasteiger partial charge in [0.05, 0.1) is 18.7 Å². The van der Waals surface area contributed by atoms with Crippen molar-refractivity contribution in [1.82, 2.24) is 0 Å². The third-order valence-electron chi connectivity index (χ3n) is 3.44. The van der Waals surface area contributed by atoms with Crippen LogP contribution in [0.25, 0.3) is 6.08 Å². The molecule has 6 heteroatoms. The standard InChI is InChI=1S/C18H14BrNO4/c1-22-15-10-13(19)16(23-2)9-12(15)8-14-18(21)24-17(20-14)11-6-4-3-5-7-11/h3-10H,1-2H3/b14-8+. The fourth-order valence-electron chi connectivity index (χ4n) is 2.26. The van der Waals surface area contributed by atoms with Gasteiger partial charge in [0.15, 0.2) is 5.70 Å². The van der Waals surface area contributed by atoms with Crippen LogP contribution in [0.15, 0.2) is 57.6 Å². The van der Waals surface area contributed by atoms with Gasteiger partial charge in [0.1, 0.15) is 11.5 Å². The third-order valence-corrected chi connectivity index (χ3v) is 4.06. The number of methoxy groups -OCH3 is 2. The number of esters is 1. The second-order valence-corrected chi connectivity index (χ2v) is 5.79. The Morgan fingerprint density at radius 2 is 1.79 bits per heavy atom. The minimum atomic E-state index is -0.502. The third kappa shape index (κ3) is 3.19. The van der Waals surface area contributed by atoms with Gasteiger partial charge < -0.3 is 14.2 Å². The second-order valence-electron chi connectivity index (χ2n) is 4.93. The highest BCUT2D eigenvalue weighted by molar-refractivity contribution is 9.10. The highest BCUT2D eigenvalue weighted by Gasteiger charge is 2.24. The maximum atomic E-state index is 12.1. The lowest BCUT2D eigenvalue weighted by Gasteiger charge is -2.09. The van der Waals surface area contributed by atoms with Gasteiger partial charge in [-0.2, -0.15) is 0 Å². The van der Waals surface area contributed by atoms with E-state index in [9.17, 15) is 4.79 Å². The van der Waals surface area contributed by atoms with Crippen LogP contribution in [0.4, 0.5) is 0 Å². The van der Waals surface area contributed by atoms with Crippen molar-refractivity contribution in [3.8, 4) is 11.5 Å². The zero-order chi connectivity index (χ0) is 17.1. The summed E-state index contributed by atoms with van der Waals surface area (Å²) in [6.45, 7) is 0. The highest BCUT2D eigenvalue weighted by Crippen LogP contribution is 2.34. The van der Waals surface area contributed by atoms with Crippen LogP contribution in [0, 0.1) is 0 Å². The van der Waals surface area contributed by atoms with Crippen molar-refractivity contribution >= 4 is 33.9 Å². The molecule has 122 valence electrons. The summed E-state index contributed by atoms with van der Waals surface area (Å²) in [5.41, 5.74) is 1.62. The van der Waals surface area contributed by atoms with Crippen LogP contribution in [-0.4, -0.2) is 26.1 Å². The number of halogens is 1. The van der Waals surface area contributed by atoms with E-state index in [4.69, 9.17) is 14.2 Å². The van der Waals surface area contributed by atoms with Gasteiger partial charge in [-0.15, -0.1) is 0 Å². The Labute approximate surface area is 147 Å². The molecule has 0 spiro atoms. The Balaban J connectivity index is 2.02. The number of cyclic esters (lactones) is 1. The Morgan fingerprint density at radius 1 is 1.08 bits per heavy atom. The first-order valence-electron chi connectivity index (χ1n) is 7.12. The molecule has 0 radical (unpaired) electrons. The molecular formula is C18H14BrNO4. The SMILES string of the molecule is COc1cc(/C=C2/N=C(c3ccccc3)OC2=O)c(OC)cc1Br. The van der Waals surface area contributed by atoms with Gasteiger partial charge in [-0.3, -0.25) is 0 Å². The summed E-state index contributed by atoms with van der Waals surface area (Å²) >= 11 is 3.40. The van der Waals surface area contributed by atoms with Gasteiger partial charge in [-0.05, 0) is 46.3 Å². The van der Waals surface area contributed by atoms with E-state index in [1.54, 1.807) is 32.4 Å². The van der Waals surface area contributed by atoms with Crippen molar-refractivity contribution < 1.29 is 19.0 Å². The Kier molecular flexibility index (Phi) is 4.66. The zero-order valence-corrected chi connectivity index (χ0v) is 14.7. The lowest BCUT2D eigenvalue weighted by atomic mass is 10.1. The fraction of sp³-hybridized carbons (Fsp3) is 0.111. The van der Waals surface area contributed by atoms with Crippen molar-refractivity contribution in [3.05, 3.63) is 63.8 Å². The van der Waals surface area contributed by atoms with Crippen LogP contribution < -0.4 is 9.47 Å². The molecule has 0 saturated heterocycles. The quantitative estimate of drug-likeness (QED) is 0.591. The van der Waals surface area contributed by atoms with E-state index in [1.165, 1.54) is 0 Å². The Morgan fingerprint density at radius 3 is 2.46 bits per heavy atom. The summed E-state index contributed by atoms with van der Waals surface area (Å²) in [6, 6.07) is 12.8. The van der Waals surface area contributed by atoms with Gasteiger partial charge in [0, 0.05) is 11.1 Å². The number of hydrogen-bond acceptors (Lipinski definition) is 5. The molecule has 0 unspecified atom stereocenters. The Hall–Kier alpha value is -2.60. The average molecular weight is 388 g/mol. The van der Waals surface area contributed by atoms with Gasteiger partial charge >= 0.3 is 5.97 Å². The number of ether oxygens (including phenoxy) is 3. The molecule has 0 bridgehead atoms. The van der Waals surface area contributed by atoms with Crippen LogP contribution in [0.3, 0.4) is 0 Å². The van der Waals surface area contributed by atoms with E-state index in [0.717, 1.165) is 10.0 Å². The number of rotatable bonds is 4. The maximum absolute atomic E-state index is 12.1. The predicted molar refractivity (Wildman–Crippen MR) is 94.3 cm³/mol. The molecule has 2 aromatic carbocycles. The first-order valence-corrected chi connectivity index (χ1v) is 7.91. The smallest absolute Gasteiger partial charge is 0.363 e. The van der Waals surface area contributed by atoms with Crippen LogP contribution >= 0.6 is 15.9 Å². The van der Waals surface area contributed by atoms with Crippen LogP contribution in [0.5, 0.6) is 11.5 Å². The number of hydrogen-bond donors (Lipinski definition) is 0. The van der Waals surface area contributed by atoms with Crippen molar-refractivity contribution in [2.24, 2.45) is 4.99 Å². The topological polar surface area (TPSA) is 57.1 Å². The van der Waals surface area contributed by atoms with Crippen molar-refractivity contribution in [1.29, 1.82) is 0 Å². The first-order chi connectivity index (χ1) is 11.6. The van der Waals surface area contributed by atoms with Gasteiger partial charge in [0.2, 0.25) is 5.90 Å². The molecule has 0 fully saturated rings. The van der Waals surface area contributed by atoms with E-state index in [0.29, 0.717) is 17.1 Å². The maximum Gasteiger partial charge on any atom is 0.363 e. The van der Waals surface area contributed by atoms with Crippen molar-refractivity contribution in [2.45, 2.75) is 0 Å². The molecule has 3 rings (SSSR count). The molecule has 0 amide bonds. The highest BCUT2D eigenvalue weighted by atomic mass is 79.9. The number of nitrogens with zero attached hydrogens (tertiary/aromatic N) is 1. The summed E-state index contributed by atoms with van der Waals surface area (Å²) in [5.74, 6) is 1.00. The number of aliphatic imine (C=N–C) groups is 1. The largest absolute Gasteiger partial charge is 0.496 e. The van der Waals surface area contributed by atoms with Gasteiger partial charge in [-0.25, -0.2) is 9.79 Å². The summed E-state index contributed by atoms with van der Waals surface area (Å²) in [4.78, 5) is 16.4. The minimum absolute atomic E-state index is 0.205. The van der Waals surface area contributed by atoms with E-state index >= 15 is 0 Å². The average Bonchev–Trinajstić information content (AvgIpc) is 2.97. The van der Waals surface area contributed by atoms with Crippen LogP contribution in [0.1, 0.15) is 11.1 Å². The molecule has 1 aliphatic rings. The molecule has 0 saturated carbocycles. The minimum Gasteiger partial charge on any atom is -0.496 e. The van der Waals surface area contributed by atoms with Gasteiger partial charge in [-0.1, -0.05) is 18.2 Å². The lowest BCUT2D eigenvalue weighted by Crippen LogP contribution is -2.05. The Bertz CT molecular complexity index is 844. The molecule has 0 N–H and O–H groups in total. The molecule has 0 aliphatic carbocycles. The van der Waals surface area contributed by atoms with Crippen LogP contribution in [-0.2, 0) is 9.53 Å². The summed E-state index contributed by atoms with van der Waals surface area (Å²) in [7, 11) is 3.13. The van der Waals surface area contributed by atoms with E-state index in [-0.39, 0.29) is 11.6 Å². The molecule has 0 aromatic heterocycles. The molecule has 2 aromatic rings. The first kappa shape index (κ1) is 16.3. The zero-order valence-electron chi connectivity index (χ0n) is 13.1. The summed E-state index contributed by atoms with van der Waals surface area (Å²) < 4.78 is 16.6. The molecule has 24 heavy (non-hydrogen) atoms. The number of benzene rings is 2. The predicted octanol–water partition coefficient (Wildman–Crippen LogP) is 3.81. The number of carbonyl (C=O) groups excluding carboxylic acids is 1.